The fraction of sp³-hybridized carbons (Fsp3) is 0.513. The van der Waals surface area contributed by atoms with Crippen LogP contribution in [0.15, 0.2) is 24.3 Å². The zero-order valence-corrected chi connectivity index (χ0v) is 29.1. The first-order valence-electron chi connectivity index (χ1n) is 18.0. The monoisotopic (exact) mass is 699 g/mol. The van der Waals surface area contributed by atoms with Crippen LogP contribution >= 0.6 is 0 Å². The minimum atomic E-state index is -0.789. The molecular formula is C39H43F2N5O5. The van der Waals surface area contributed by atoms with Crippen LogP contribution in [0.5, 0.6) is 17.6 Å². The Morgan fingerprint density at radius 3 is 2.67 bits per heavy atom. The number of anilines is 1. The highest BCUT2D eigenvalue weighted by molar-refractivity contribution is 6.04. The summed E-state index contributed by atoms with van der Waals surface area (Å²) in [5, 5.41) is 11.7. The van der Waals surface area contributed by atoms with Crippen LogP contribution in [0.3, 0.4) is 0 Å². The van der Waals surface area contributed by atoms with Gasteiger partial charge < -0.3 is 29.0 Å². The zero-order chi connectivity index (χ0) is 35.3. The molecule has 4 aromatic rings. The lowest BCUT2D eigenvalue weighted by Gasteiger charge is -2.53. The van der Waals surface area contributed by atoms with Crippen molar-refractivity contribution < 1.29 is 32.8 Å². The van der Waals surface area contributed by atoms with E-state index in [9.17, 15) is 5.11 Å². The Hall–Kier alpha value is -4.31. The number of nitrogens with zero attached hydrogens (tertiary/aromatic N) is 5. The minimum absolute atomic E-state index is 0.0528. The summed E-state index contributed by atoms with van der Waals surface area (Å²) in [5.41, 5.74) is -0.248. The maximum absolute atomic E-state index is 17.2. The van der Waals surface area contributed by atoms with E-state index in [1.165, 1.54) is 31.4 Å². The number of phenols is 1. The molecule has 8 rings (SSSR count). The number of aromatic nitrogens is 3. The lowest BCUT2D eigenvalue weighted by molar-refractivity contribution is -0.0845. The highest BCUT2D eigenvalue weighted by Gasteiger charge is 2.51. The lowest BCUT2D eigenvalue weighted by Crippen LogP contribution is -2.59. The van der Waals surface area contributed by atoms with E-state index in [1.54, 1.807) is 7.11 Å². The second kappa shape index (κ2) is 13.7. The van der Waals surface area contributed by atoms with E-state index >= 15 is 8.78 Å². The van der Waals surface area contributed by atoms with Crippen LogP contribution in [0.1, 0.15) is 56.9 Å². The van der Waals surface area contributed by atoms with Crippen molar-refractivity contribution in [3.8, 4) is 41.2 Å². The number of rotatable bonds is 8. The molecule has 0 unspecified atom stereocenters. The van der Waals surface area contributed by atoms with Crippen LogP contribution < -0.4 is 14.4 Å². The molecule has 2 saturated carbocycles. The average molecular weight is 700 g/mol. The highest BCUT2D eigenvalue weighted by atomic mass is 19.1. The number of ether oxygens (including phenoxy) is 4. The molecule has 10 nitrogen and oxygen atoms in total. The molecule has 1 N–H and O–H groups in total. The normalized spacial score (nSPS) is 25.3. The van der Waals surface area contributed by atoms with E-state index in [-0.39, 0.29) is 50.8 Å². The van der Waals surface area contributed by atoms with Gasteiger partial charge in [-0.25, -0.2) is 13.8 Å². The van der Waals surface area contributed by atoms with E-state index < -0.39 is 11.6 Å². The number of piperidine rings is 1. The topological polar surface area (TPSA) is 102 Å². The number of methoxy groups -OCH3 is 2. The van der Waals surface area contributed by atoms with Gasteiger partial charge in [-0.15, -0.1) is 6.42 Å². The summed E-state index contributed by atoms with van der Waals surface area (Å²) in [7, 11) is 3.24. The van der Waals surface area contributed by atoms with Crippen LogP contribution in [0, 0.1) is 29.4 Å². The number of fused-ring (bicyclic) bond motifs is 3. The van der Waals surface area contributed by atoms with Gasteiger partial charge in [0.2, 0.25) is 5.88 Å². The highest BCUT2D eigenvalue weighted by Crippen LogP contribution is 2.50. The van der Waals surface area contributed by atoms with Crippen molar-refractivity contribution in [3.63, 3.8) is 0 Å². The standard InChI is InChI=1S/C39H43F2N5O5/c1-4-27-29(40)10-9-23-18-25(47)21-28(31(23)27)34-33(41)35-32(37(42-34)49-3)36(45-13-7-16-50-17-15-45)44-38(43-35)51-22-39-11-5-8-30(39)46(14-6-12-39)24-19-26(20-24)48-2/h1,9-10,18,21,24,26,30,47H,5-8,11-17,19-20,22H2,2-3H3/t24?,26?,30-,39-/m1/s1. The number of likely N-dealkylation sites (tertiary alicyclic amines) is 1. The Morgan fingerprint density at radius 2 is 1.86 bits per heavy atom. The Labute approximate surface area is 296 Å². The summed E-state index contributed by atoms with van der Waals surface area (Å²) < 4.78 is 55.9. The summed E-state index contributed by atoms with van der Waals surface area (Å²) in [6.45, 7) is 3.70. The van der Waals surface area contributed by atoms with Crippen molar-refractivity contribution in [2.45, 2.75) is 69.6 Å². The first-order chi connectivity index (χ1) is 24.8. The van der Waals surface area contributed by atoms with Crippen molar-refractivity contribution in [1.82, 2.24) is 19.9 Å². The van der Waals surface area contributed by atoms with Crippen molar-refractivity contribution in [3.05, 3.63) is 41.5 Å². The van der Waals surface area contributed by atoms with E-state index in [1.807, 2.05) is 4.90 Å². The van der Waals surface area contributed by atoms with Gasteiger partial charge in [-0.05, 0) is 75.1 Å². The molecule has 4 aliphatic rings. The molecule has 0 bridgehead atoms. The first kappa shape index (κ1) is 33.8. The number of phenolic OH excluding ortho intramolecular Hbond substituents is 1. The quantitative estimate of drug-likeness (QED) is 0.213. The molecule has 51 heavy (non-hydrogen) atoms. The predicted molar refractivity (Wildman–Crippen MR) is 189 cm³/mol. The first-order valence-corrected chi connectivity index (χ1v) is 18.0. The molecule has 4 heterocycles. The lowest BCUT2D eigenvalue weighted by atomic mass is 9.73. The number of halogens is 2. The predicted octanol–water partition coefficient (Wildman–Crippen LogP) is 6.24. The number of aromatic hydroxyl groups is 1. The van der Waals surface area contributed by atoms with Crippen molar-refractivity contribution in [1.29, 1.82) is 0 Å². The molecule has 4 fully saturated rings. The molecule has 0 spiro atoms. The van der Waals surface area contributed by atoms with E-state index in [2.05, 4.69) is 15.8 Å². The van der Waals surface area contributed by atoms with Crippen LogP contribution in [0.25, 0.3) is 32.9 Å². The molecule has 2 aromatic heterocycles. The molecule has 268 valence electrons. The Kier molecular flexibility index (Phi) is 9.07. The van der Waals surface area contributed by atoms with Gasteiger partial charge in [-0.1, -0.05) is 18.4 Å². The van der Waals surface area contributed by atoms with Crippen molar-refractivity contribution in [2.75, 3.05) is 58.6 Å². The molecule has 2 aliphatic carbocycles. The molecule has 2 atom stereocenters. The number of hydrogen-bond acceptors (Lipinski definition) is 10. The van der Waals surface area contributed by atoms with E-state index in [4.69, 9.17) is 35.3 Å². The van der Waals surface area contributed by atoms with E-state index in [0.29, 0.717) is 67.7 Å². The second-order valence-electron chi connectivity index (χ2n) is 14.3. The molecular weight excluding hydrogens is 656 g/mol. The largest absolute Gasteiger partial charge is 0.508 e. The Bertz CT molecular complexity index is 2010. The summed E-state index contributed by atoms with van der Waals surface area (Å²) in [6, 6.07) is 6.48. The third-order valence-electron chi connectivity index (χ3n) is 11.6. The Morgan fingerprint density at radius 1 is 1.02 bits per heavy atom. The van der Waals surface area contributed by atoms with Crippen molar-refractivity contribution in [2.24, 2.45) is 5.41 Å². The molecule has 0 amide bonds. The van der Waals surface area contributed by atoms with Crippen LogP contribution in [-0.4, -0.2) is 96.8 Å². The third-order valence-corrected chi connectivity index (χ3v) is 11.6. The number of hydrogen-bond donors (Lipinski definition) is 1. The smallest absolute Gasteiger partial charge is 0.319 e. The van der Waals surface area contributed by atoms with Gasteiger partial charge in [0, 0.05) is 55.3 Å². The maximum Gasteiger partial charge on any atom is 0.319 e. The van der Waals surface area contributed by atoms with Crippen LogP contribution in [0.2, 0.25) is 0 Å². The fourth-order valence-corrected chi connectivity index (χ4v) is 9.02. The third kappa shape index (κ3) is 5.89. The summed E-state index contributed by atoms with van der Waals surface area (Å²) in [6.07, 6.45) is 14.4. The molecule has 0 radical (unpaired) electrons. The molecule has 2 saturated heterocycles. The summed E-state index contributed by atoms with van der Waals surface area (Å²) >= 11 is 0. The SMILES string of the molecule is C#Cc1c(F)ccc2cc(O)cc(-c3nc(OC)c4c(N5CCCOCC5)nc(OC[C@]56CCC[C@H]5N(C5CC(OC)C5)CCC6)nc4c3F)c12. The second-order valence-corrected chi connectivity index (χ2v) is 14.3. The van der Waals surface area contributed by atoms with Gasteiger partial charge in [0.1, 0.15) is 34.0 Å². The average Bonchev–Trinajstić information content (AvgIpc) is 3.37. The van der Waals surface area contributed by atoms with Crippen molar-refractivity contribution >= 4 is 27.5 Å². The van der Waals surface area contributed by atoms with Gasteiger partial charge >= 0.3 is 6.01 Å². The Balaban J connectivity index is 1.24. The van der Waals surface area contributed by atoms with E-state index in [0.717, 1.165) is 57.9 Å². The molecule has 2 aliphatic heterocycles. The van der Waals surface area contributed by atoms with Gasteiger partial charge in [0.15, 0.2) is 5.82 Å². The summed E-state index contributed by atoms with van der Waals surface area (Å²) in [4.78, 5) is 19.0. The van der Waals surface area contributed by atoms with Gasteiger partial charge in [0.05, 0.1) is 32.0 Å². The minimum Gasteiger partial charge on any atom is -0.508 e. The summed E-state index contributed by atoms with van der Waals surface area (Å²) in [5.74, 6) is 1.33. The van der Waals surface area contributed by atoms with Crippen LogP contribution in [0.4, 0.5) is 14.6 Å². The number of terminal acetylenes is 1. The molecule has 2 aromatic carbocycles. The number of benzene rings is 2. The van der Waals surface area contributed by atoms with Gasteiger partial charge in [-0.3, -0.25) is 4.90 Å². The molecule has 12 heteroatoms. The maximum atomic E-state index is 17.2. The number of pyridine rings is 1. The van der Waals surface area contributed by atoms with Gasteiger partial charge in [0.25, 0.3) is 0 Å². The zero-order valence-electron chi connectivity index (χ0n) is 29.1. The van der Waals surface area contributed by atoms with Gasteiger partial charge in [-0.2, -0.15) is 9.97 Å². The fourth-order valence-electron chi connectivity index (χ4n) is 9.02. The van der Waals surface area contributed by atoms with Crippen LogP contribution in [-0.2, 0) is 9.47 Å².